The molecule has 0 aromatic carbocycles. The van der Waals surface area contributed by atoms with E-state index in [9.17, 15) is 9.90 Å². The van der Waals surface area contributed by atoms with E-state index in [4.69, 9.17) is 0 Å². The summed E-state index contributed by atoms with van der Waals surface area (Å²) >= 11 is 0. The third-order valence-corrected chi connectivity index (χ3v) is 3.47. The number of anilines is 1. The predicted octanol–water partition coefficient (Wildman–Crippen LogP) is 1.00. The molecule has 1 aliphatic carbocycles. The second kappa shape index (κ2) is 5.52. The van der Waals surface area contributed by atoms with Crippen molar-refractivity contribution in [3.8, 4) is 0 Å². The second-order valence-corrected chi connectivity index (χ2v) is 5.04. The number of carbonyl (C=O) groups is 1. The maximum atomic E-state index is 11.4. The first-order valence-electron chi connectivity index (χ1n) is 6.38. The van der Waals surface area contributed by atoms with Crippen LogP contribution in [-0.4, -0.2) is 47.3 Å². The molecule has 104 valence electrons. The standard InChI is InChI=1S/C13H19N3O3/c1-16(9-13(18)5-3-4-6-13)11-8-14-7-10(15-11)12(17)19-2/h7-8,18H,3-6,9H2,1-2H3. The van der Waals surface area contributed by atoms with Crippen molar-refractivity contribution in [2.45, 2.75) is 31.3 Å². The quantitative estimate of drug-likeness (QED) is 0.819. The molecule has 1 aromatic heterocycles. The van der Waals surface area contributed by atoms with Gasteiger partial charge >= 0.3 is 5.97 Å². The maximum Gasteiger partial charge on any atom is 0.358 e. The minimum absolute atomic E-state index is 0.172. The van der Waals surface area contributed by atoms with Gasteiger partial charge in [-0.25, -0.2) is 9.78 Å². The van der Waals surface area contributed by atoms with Gasteiger partial charge in [0, 0.05) is 13.6 Å². The Morgan fingerprint density at radius 3 is 2.79 bits per heavy atom. The Bertz CT molecular complexity index is 458. The third kappa shape index (κ3) is 3.20. The highest BCUT2D eigenvalue weighted by molar-refractivity contribution is 5.87. The van der Waals surface area contributed by atoms with E-state index in [0.717, 1.165) is 25.7 Å². The number of ether oxygens (including phenoxy) is 1. The van der Waals surface area contributed by atoms with Crippen LogP contribution in [0.1, 0.15) is 36.2 Å². The number of carbonyl (C=O) groups excluding carboxylic acids is 1. The Labute approximate surface area is 112 Å². The summed E-state index contributed by atoms with van der Waals surface area (Å²) in [4.78, 5) is 21.4. The van der Waals surface area contributed by atoms with Crippen molar-refractivity contribution in [3.63, 3.8) is 0 Å². The minimum Gasteiger partial charge on any atom is -0.464 e. The van der Waals surface area contributed by atoms with Crippen molar-refractivity contribution in [1.29, 1.82) is 0 Å². The van der Waals surface area contributed by atoms with E-state index in [1.165, 1.54) is 13.3 Å². The zero-order chi connectivity index (χ0) is 13.9. The van der Waals surface area contributed by atoms with Crippen LogP contribution in [0.25, 0.3) is 0 Å². The number of methoxy groups -OCH3 is 1. The van der Waals surface area contributed by atoms with Crippen LogP contribution in [0.4, 0.5) is 5.82 Å². The van der Waals surface area contributed by atoms with Gasteiger partial charge in [0.1, 0.15) is 5.82 Å². The number of esters is 1. The molecule has 1 heterocycles. The van der Waals surface area contributed by atoms with Crippen molar-refractivity contribution in [1.82, 2.24) is 9.97 Å². The topological polar surface area (TPSA) is 75.5 Å². The lowest BCUT2D eigenvalue weighted by atomic mass is 10.0. The highest BCUT2D eigenvalue weighted by Crippen LogP contribution is 2.30. The number of likely N-dealkylation sites (N-methyl/N-ethyl adjacent to an activating group) is 1. The van der Waals surface area contributed by atoms with Crippen LogP contribution < -0.4 is 4.90 Å². The Morgan fingerprint density at radius 2 is 2.16 bits per heavy atom. The minimum atomic E-state index is -0.655. The smallest absolute Gasteiger partial charge is 0.358 e. The zero-order valence-electron chi connectivity index (χ0n) is 11.3. The van der Waals surface area contributed by atoms with Gasteiger partial charge in [0.2, 0.25) is 0 Å². The van der Waals surface area contributed by atoms with Gasteiger partial charge in [0.25, 0.3) is 0 Å². The van der Waals surface area contributed by atoms with Crippen molar-refractivity contribution in [2.75, 3.05) is 25.6 Å². The highest BCUT2D eigenvalue weighted by atomic mass is 16.5. The summed E-state index contributed by atoms with van der Waals surface area (Å²) in [7, 11) is 3.14. The molecule has 1 aliphatic rings. The molecule has 2 rings (SSSR count). The summed E-state index contributed by atoms with van der Waals surface area (Å²) in [6.45, 7) is 0.492. The molecule has 0 radical (unpaired) electrons. The van der Waals surface area contributed by atoms with Gasteiger partial charge in [-0.2, -0.15) is 0 Å². The molecule has 1 saturated carbocycles. The van der Waals surface area contributed by atoms with Gasteiger partial charge in [-0.15, -0.1) is 0 Å². The lowest BCUT2D eigenvalue weighted by Crippen LogP contribution is -2.39. The van der Waals surface area contributed by atoms with Crippen molar-refractivity contribution in [2.24, 2.45) is 0 Å². The molecule has 0 unspecified atom stereocenters. The third-order valence-electron chi connectivity index (χ3n) is 3.47. The van der Waals surface area contributed by atoms with Crippen molar-refractivity contribution >= 4 is 11.8 Å². The largest absolute Gasteiger partial charge is 0.464 e. The fraction of sp³-hybridized carbons (Fsp3) is 0.615. The number of aliphatic hydroxyl groups is 1. The van der Waals surface area contributed by atoms with Crippen LogP contribution >= 0.6 is 0 Å². The van der Waals surface area contributed by atoms with E-state index in [2.05, 4.69) is 14.7 Å². The number of aromatic nitrogens is 2. The summed E-state index contributed by atoms with van der Waals surface area (Å²) in [5.41, 5.74) is -0.484. The molecule has 6 heteroatoms. The number of nitrogens with zero attached hydrogens (tertiary/aromatic N) is 3. The Balaban J connectivity index is 2.10. The SMILES string of the molecule is COC(=O)c1cncc(N(C)CC2(O)CCCC2)n1. The van der Waals surface area contributed by atoms with E-state index in [1.807, 2.05) is 11.9 Å². The van der Waals surface area contributed by atoms with Crippen molar-refractivity contribution < 1.29 is 14.6 Å². The summed E-state index contributed by atoms with van der Waals surface area (Å²) in [5, 5.41) is 10.4. The average Bonchev–Trinajstić information content (AvgIpc) is 2.84. The Kier molecular flexibility index (Phi) is 3.99. The van der Waals surface area contributed by atoms with Crippen molar-refractivity contribution in [3.05, 3.63) is 18.1 Å². The average molecular weight is 265 g/mol. The molecule has 1 aromatic rings. The molecule has 0 spiro atoms. The molecular weight excluding hydrogens is 246 g/mol. The fourth-order valence-electron chi connectivity index (χ4n) is 2.46. The predicted molar refractivity (Wildman–Crippen MR) is 70.1 cm³/mol. The molecule has 0 amide bonds. The van der Waals surface area contributed by atoms with Gasteiger partial charge in [-0.05, 0) is 12.8 Å². The van der Waals surface area contributed by atoms with Crippen LogP contribution in [-0.2, 0) is 4.74 Å². The Morgan fingerprint density at radius 1 is 1.47 bits per heavy atom. The van der Waals surface area contributed by atoms with E-state index < -0.39 is 11.6 Å². The van der Waals surface area contributed by atoms with Crippen LogP contribution in [0.5, 0.6) is 0 Å². The number of hydrogen-bond donors (Lipinski definition) is 1. The van der Waals surface area contributed by atoms with Crippen LogP contribution in [0.2, 0.25) is 0 Å². The molecule has 1 fully saturated rings. The second-order valence-electron chi connectivity index (χ2n) is 5.04. The summed E-state index contributed by atoms with van der Waals surface area (Å²) in [6, 6.07) is 0. The summed E-state index contributed by atoms with van der Waals surface area (Å²) in [5.74, 6) is 0.0468. The van der Waals surface area contributed by atoms with Gasteiger partial charge < -0.3 is 14.7 Å². The molecule has 0 atom stereocenters. The van der Waals surface area contributed by atoms with E-state index in [-0.39, 0.29) is 5.69 Å². The Hall–Kier alpha value is -1.69. The molecule has 0 bridgehead atoms. The van der Waals surface area contributed by atoms with Crippen LogP contribution in [0.3, 0.4) is 0 Å². The zero-order valence-corrected chi connectivity index (χ0v) is 11.3. The van der Waals surface area contributed by atoms with Gasteiger partial charge in [-0.3, -0.25) is 4.98 Å². The van der Waals surface area contributed by atoms with E-state index in [0.29, 0.717) is 12.4 Å². The van der Waals surface area contributed by atoms with Gasteiger partial charge in [0.05, 0.1) is 25.1 Å². The highest BCUT2D eigenvalue weighted by Gasteiger charge is 2.32. The molecule has 0 saturated heterocycles. The van der Waals surface area contributed by atoms with Crippen LogP contribution in [0.15, 0.2) is 12.4 Å². The van der Waals surface area contributed by atoms with Gasteiger partial charge in [0.15, 0.2) is 5.69 Å². The van der Waals surface area contributed by atoms with Gasteiger partial charge in [-0.1, -0.05) is 12.8 Å². The summed E-state index contributed by atoms with van der Waals surface area (Å²) < 4.78 is 4.61. The number of rotatable bonds is 4. The first-order chi connectivity index (χ1) is 9.04. The molecular formula is C13H19N3O3. The lowest BCUT2D eigenvalue weighted by Gasteiger charge is -2.29. The number of hydrogen-bond acceptors (Lipinski definition) is 6. The molecule has 1 N–H and O–H groups in total. The van der Waals surface area contributed by atoms with E-state index >= 15 is 0 Å². The fourth-order valence-corrected chi connectivity index (χ4v) is 2.46. The van der Waals surface area contributed by atoms with E-state index in [1.54, 1.807) is 6.20 Å². The molecule has 0 aliphatic heterocycles. The normalized spacial score (nSPS) is 17.2. The first kappa shape index (κ1) is 13.7. The monoisotopic (exact) mass is 265 g/mol. The molecule has 19 heavy (non-hydrogen) atoms. The molecule has 6 nitrogen and oxygen atoms in total. The maximum absolute atomic E-state index is 11.4. The summed E-state index contributed by atoms with van der Waals surface area (Å²) in [6.07, 6.45) is 6.66. The lowest BCUT2D eigenvalue weighted by molar-refractivity contribution is 0.0558. The van der Waals surface area contributed by atoms with Crippen LogP contribution in [0, 0.1) is 0 Å². The first-order valence-corrected chi connectivity index (χ1v) is 6.38.